The van der Waals surface area contributed by atoms with Crippen LogP contribution in [0.5, 0.6) is 11.5 Å². The Morgan fingerprint density at radius 3 is 2.70 bits per heavy atom. The molecule has 0 saturated carbocycles. The average Bonchev–Trinajstić information content (AvgIpc) is 2.73. The fourth-order valence-electron chi connectivity index (χ4n) is 3.28. The van der Waals surface area contributed by atoms with E-state index in [9.17, 15) is 4.79 Å². The quantitative estimate of drug-likeness (QED) is 0.784. The van der Waals surface area contributed by atoms with Gasteiger partial charge in [0.05, 0.1) is 19.2 Å². The number of ether oxygens (including phenoxy) is 2. The number of nitrogens with one attached hydrogen (secondary N) is 2. The van der Waals surface area contributed by atoms with E-state index in [0.29, 0.717) is 18.1 Å². The summed E-state index contributed by atoms with van der Waals surface area (Å²) in [5.41, 5.74) is 2.09. The zero-order valence-electron chi connectivity index (χ0n) is 16.0. The van der Waals surface area contributed by atoms with Crippen LogP contribution in [-0.2, 0) is 11.4 Å². The first-order valence-electron chi connectivity index (χ1n) is 9.56. The molecule has 1 amide bonds. The van der Waals surface area contributed by atoms with Crippen molar-refractivity contribution in [2.45, 2.75) is 44.9 Å². The zero-order valence-corrected chi connectivity index (χ0v) is 16.0. The molecule has 27 heavy (non-hydrogen) atoms. The molecule has 2 N–H and O–H groups in total. The van der Waals surface area contributed by atoms with Crippen LogP contribution in [0.3, 0.4) is 0 Å². The third-order valence-electron chi connectivity index (χ3n) is 4.91. The highest BCUT2D eigenvalue weighted by Gasteiger charge is 2.22. The summed E-state index contributed by atoms with van der Waals surface area (Å²) in [6.07, 6.45) is 3.13. The van der Waals surface area contributed by atoms with Crippen molar-refractivity contribution in [2.75, 3.05) is 13.7 Å². The maximum atomic E-state index is 12.4. The maximum Gasteiger partial charge on any atom is 0.237 e. The molecule has 0 aliphatic carbocycles. The molecule has 5 nitrogen and oxygen atoms in total. The lowest BCUT2D eigenvalue weighted by Gasteiger charge is -2.25. The smallest absolute Gasteiger partial charge is 0.237 e. The molecule has 1 fully saturated rings. The van der Waals surface area contributed by atoms with Gasteiger partial charge < -0.3 is 20.1 Å². The van der Waals surface area contributed by atoms with Gasteiger partial charge in [-0.3, -0.25) is 4.79 Å². The van der Waals surface area contributed by atoms with Gasteiger partial charge in [-0.05, 0) is 49.6 Å². The van der Waals surface area contributed by atoms with Gasteiger partial charge in [0.25, 0.3) is 0 Å². The predicted molar refractivity (Wildman–Crippen MR) is 106 cm³/mol. The second-order valence-corrected chi connectivity index (χ2v) is 6.92. The molecule has 144 valence electrons. The average molecular weight is 368 g/mol. The van der Waals surface area contributed by atoms with Crippen molar-refractivity contribution in [2.24, 2.45) is 0 Å². The lowest BCUT2D eigenvalue weighted by atomic mass is 10.0. The van der Waals surface area contributed by atoms with E-state index in [-0.39, 0.29) is 18.0 Å². The summed E-state index contributed by atoms with van der Waals surface area (Å²) in [7, 11) is 1.63. The van der Waals surface area contributed by atoms with E-state index in [1.807, 2.05) is 55.5 Å². The Labute approximate surface area is 161 Å². The SMILES string of the molecule is COc1cc(C(C)NC(=O)C2CCCCN2)ccc1OCc1ccccc1. The van der Waals surface area contributed by atoms with Crippen molar-refractivity contribution in [3.8, 4) is 11.5 Å². The molecule has 2 aromatic carbocycles. The Bertz CT molecular complexity index is 742. The first-order chi connectivity index (χ1) is 13.2. The minimum Gasteiger partial charge on any atom is -0.493 e. The summed E-state index contributed by atoms with van der Waals surface area (Å²) in [4.78, 5) is 12.4. The number of amides is 1. The molecule has 0 aromatic heterocycles. The summed E-state index contributed by atoms with van der Waals surface area (Å²) in [6.45, 7) is 3.38. The Kier molecular flexibility index (Phi) is 6.71. The molecule has 0 spiro atoms. The van der Waals surface area contributed by atoms with Crippen LogP contribution in [0.2, 0.25) is 0 Å². The van der Waals surface area contributed by atoms with Gasteiger partial charge in [0, 0.05) is 0 Å². The van der Waals surface area contributed by atoms with Gasteiger partial charge in [0.15, 0.2) is 11.5 Å². The Morgan fingerprint density at radius 1 is 1.19 bits per heavy atom. The van der Waals surface area contributed by atoms with Gasteiger partial charge in [0.1, 0.15) is 6.61 Å². The summed E-state index contributed by atoms with van der Waals surface area (Å²) < 4.78 is 11.4. The second kappa shape index (κ2) is 9.42. The van der Waals surface area contributed by atoms with Crippen LogP contribution < -0.4 is 20.1 Å². The lowest BCUT2D eigenvalue weighted by Crippen LogP contribution is -2.47. The number of carbonyl (C=O) groups is 1. The van der Waals surface area contributed by atoms with Crippen LogP contribution in [0.4, 0.5) is 0 Å². The van der Waals surface area contributed by atoms with Gasteiger partial charge >= 0.3 is 0 Å². The fraction of sp³-hybridized carbons (Fsp3) is 0.409. The van der Waals surface area contributed by atoms with Crippen LogP contribution in [-0.4, -0.2) is 25.6 Å². The van der Waals surface area contributed by atoms with Gasteiger partial charge in [-0.2, -0.15) is 0 Å². The van der Waals surface area contributed by atoms with E-state index in [0.717, 1.165) is 36.9 Å². The number of piperidine rings is 1. The molecule has 1 saturated heterocycles. The number of hydrogen-bond acceptors (Lipinski definition) is 4. The first kappa shape index (κ1) is 19.2. The molecule has 1 heterocycles. The Morgan fingerprint density at radius 2 is 2.00 bits per heavy atom. The van der Waals surface area contributed by atoms with Crippen LogP contribution in [0.25, 0.3) is 0 Å². The molecular weight excluding hydrogens is 340 g/mol. The van der Waals surface area contributed by atoms with Crippen LogP contribution in [0.1, 0.15) is 43.4 Å². The van der Waals surface area contributed by atoms with Crippen LogP contribution in [0, 0.1) is 0 Å². The van der Waals surface area contributed by atoms with Crippen LogP contribution in [0.15, 0.2) is 48.5 Å². The fourth-order valence-corrected chi connectivity index (χ4v) is 3.28. The number of hydrogen-bond donors (Lipinski definition) is 2. The summed E-state index contributed by atoms with van der Waals surface area (Å²) in [5.74, 6) is 1.42. The molecule has 2 atom stereocenters. The monoisotopic (exact) mass is 368 g/mol. The third kappa shape index (κ3) is 5.23. The van der Waals surface area contributed by atoms with Gasteiger partial charge in [-0.1, -0.05) is 42.8 Å². The third-order valence-corrected chi connectivity index (χ3v) is 4.91. The van der Waals surface area contributed by atoms with Gasteiger partial charge in [0.2, 0.25) is 5.91 Å². The molecule has 5 heteroatoms. The van der Waals surface area contributed by atoms with Crippen molar-refractivity contribution in [1.82, 2.24) is 10.6 Å². The largest absolute Gasteiger partial charge is 0.493 e. The van der Waals surface area contributed by atoms with E-state index in [2.05, 4.69) is 10.6 Å². The highest BCUT2D eigenvalue weighted by Crippen LogP contribution is 2.31. The minimum absolute atomic E-state index is 0.0607. The molecule has 2 unspecified atom stereocenters. The summed E-state index contributed by atoms with van der Waals surface area (Å²) >= 11 is 0. The summed E-state index contributed by atoms with van der Waals surface area (Å²) in [5, 5.41) is 6.38. The molecule has 1 aliphatic heterocycles. The lowest BCUT2D eigenvalue weighted by molar-refractivity contribution is -0.124. The van der Waals surface area contributed by atoms with E-state index in [1.165, 1.54) is 0 Å². The van der Waals surface area contributed by atoms with Gasteiger partial charge in [-0.15, -0.1) is 0 Å². The van der Waals surface area contributed by atoms with E-state index < -0.39 is 0 Å². The van der Waals surface area contributed by atoms with Crippen molar-refractivity contribution < 1.29 is 14.3 Å². The normalized spacial score (nSPS) is 17.8. The minimum atomic E-state index is -0.0988. The molecule has 1 aliphatic rings. The van der Waals surface area contributed by atoms with Crippen LogP contribution >= 0.6 is 0 Å². The highest BCUT2D eigenvalue weighted by atomic mass is 16.5. The number of methoxy groups -OCH3 is 1. The second-order valence-electron chi connectivity index (χ2n) is 6.92. The molecule has 0 radical (unpaired) electrons. The number of rotatable bonds is 7. The number of carbonyl (C=O) groups excluding carboxylic acids is 1. The molecular formula is C22H28N2O3. The van der Waals surface area contributed by atoms with E-state index in [1.54, 1.807) is 7.11 Å². The predicted octanol–water partition coefficient (Wildman–Crippen LogP) is 3.59. The van der Waals surface area contributed by atoms with Crippen molar-refractivity contribution >= 4 is 5.91 Å². The first-order valence-corrected chi connectivity index (χ1v) is 9.56. The number of benzene rings is 2. The Hall–Kier alpha value is -2.53. The maximum absolute atomic E-state index is 12.4. The van der Waals surface area contributed by atoms with Gasteiger partial charge in [-0.25, -0.2) is 0 Å². The Balaban J connectivity index is 1.62. The molecule has 2 aromatic rings. The molecule has 0 bridgehead atoms. The topological polar surface area (TPSA) is 59.6 Å². The van der Waals surface area contributed by atoms with Crippen molar-refractivity contribution in [1.29, 1.82) is 0 Å². The zero-order chi connectivity index (χ0) is 19.1. The van der Waals surface area contributed by atoms with E-state index in [4.69, 9.17) is 9.47 Å². The summed E-state index contributed by atoms with van der Waals surface area (Å²) in [6, 6.07) is 15.6. The highest BCUT2D eigenvalue weighted by molar-refractivity contribution is 5.82. The molecule has 3 rings (SSSR count). The van der Waals surface area contributed by atoms with Crippen molar-refractivity contribution in [3.63, 3.8) is 0 Å². The van der Waals surface area contributed by atoms with E-state index >= 15 is 0 Å². The standard InChI is InChI=1S/C22H28N2O3/c1-16(24-22(25)19-10-6-7-13-23-19)18-11-12-20(21(14-18)26-2)27-15-17-8-4-3-5-9-17/h3-5,8-9,11-12,14,16,19,23H,6-7,10,13,15H2,1-2H3,(H,24,25). The van der Waals surface area contributed by atoms with Crippen molar-refractivity contribution in [3.05, 3.63) is 59.7 Å².